The lowest BCUT2D eigenvalue weighted by molar-refractivity contribution is -0.112. The summed E-state index contributed by atoms with van der Waals surface area (Å²) in [5, 5.41) is 8.29. The van der Waals surface area contributed by atoms with Crippen molar-refractivity contribution in [2.24, 2.45) is 5.92 Å². The van der Waals surface area contributed by atoms with Gasteiger partial charge in [0.05, 0.1) is 6.61 Å². The molecule has 1 unspecified atom stereocenters. The summed E-state index contributed by atoms with van der Waals surface area (Å²) in [6.07, 6.45) is 1.51. The first-order valence-corrected chi connectivity index (χ1v) is 2.41. The minimum absolute atomic E-state index is 0.0139. The largest absolute Gasteiger partial charge is 0.396 e. The van der Waals surface area contributed by atoms with Crippen LogP contribution in [-0.4, -0.2) is 18.0 Å². The quantitative estimate of drug-likeness (QED) is 0.517. The van der Waals surface area contributed by atoms with Crippen molar-refractivity contribution < 1.29 is 9.90 Å². The second-order valence-corrected chi connectivity index (χ2v) is 1.49. The van der Waals surface area contributed by atoms with E-state index in [2.05, 4.69) is 0 Å². The van der Waals surface area contributed by atoms with Gasteiger partial charge in [-0.15, -0.1) is 0 Å². The van der Waals surface area contributed by atoms with E-state index in [4.69, 9.17) is 5.11 Å². The van der Waals surface area contributed by atoms with E-state index in [0.29, 0.717) is 0 Å². The molecule has 1 N–H and O–H groups in total. The number of hydrogen-bond donors (Lipinski definition) is 1. The number of aliphatic hydroxyl groups is 1. The van der Waals surface area contributed by atoms with Gasteiger partial charge in [-0.25, -0.2) is 0 Å². The lowest BCUT2D eigenvalue weighted by atomic mass is 10.1. The zero-order chi connectivity index (χ0) is 5.70. The molecule has 0 spiro atoms. The van der Waals surface area contributed by atoms with Crippen molar-refractivity contribution in [1.82, 2.24) is 0 Å². The fourth-order valence-electron chi connectivity index (χ4n) is 0.268. The molecule has 0 aliphatic rings. The molecule has 0 amide bonds. The molecular formula is C5H10O2. The Labute approximate surface area is 43.2 Å². The molecule has 0 saturated carbocycles. The molecular weight excluding hydrogens is 92.1 g/mol. The summed E-state index contributed by atoms with van der Waals surface area (Å²) in [4.78, 5) is 9.81. The van der Waals surface area contributed by atoms with Crippen molar-refractivity contribution in [2.75, 3.05) is 6.61 Å². The van der Waals surface area contributed by atoms with Gasteiger partial charge in [-0.05, 0) is 6.42 Å². The monoisotopic (exact) mass is 102 g/mol. The minimum Gasteiger partial charge on any atom is -0.396 e. The van der Waals surface area contributed by atoms with Gasteiger partial charge in [0, 0.05) is 5.92 Å². The van der Waals surface area contributed by atoms with E-state index in [9.17, 15) is 4.79 Å². The minimum atomic E-state index is -0.139. The number of aliphatic hydroxyl groups excluding tert-OH is 1. The topological polar surface area (TPSA) is 37.3 Å². The average Bonchev–Trinajstić information content (AvgIpc) is 1.72. The Bertz CT molecular complexity index is 48.0. The maximum Gasteiger partial charge on any atom is 0.125 e. The van der Waals surface area contributed by atoms with Crippen LogP contribution in [0.5, 0.6) is 0 Å². The van der Waals surface area contributed by atoms with Crippen molar-refractivity contribution >= 4 is 6.29 Å². The second-order valence-electron chi connectivity index (χ2n) is 1.49. The molecule has 0 aromatic heterocycles. The summed E-state index contributed by atoms with van der Waals surface area (Å²) in [6, 6.07) is 0. The molecule has 0 aliphatic heterocycles. The Balaban J connectivity index is 3.16. The molecule has 0 saturated heterocycles. The maximum absolute atomic E-state index is 9.81. The van der Waals surface area contributed by atoms with Gasteiger partial charge in [0.25, 0.3) is 0 Å². The molecule has 0 fully saturated rings. The highest BCUT2D eigenvalue weighted by atomic mass is 16.3. The van der Waals surface area contributed by atoms with Gasteiger partial charge in [0.15, 0.2) is 0 Å². The van der Waals surface area contributed by atoms with Gasteiger partial charge in [-0.2, -0.15) is 0 Å². The number of hydrogen-bond acceptors (Lipinski definition) is 2. The Morgan fingerprint density at radius 2 is 2.43 bits per heavy atom. The highest BCUT2D eigenvalue weighted by Crippen LogP contribution is 1.93. The zero-order valence-corrected chi connectivity index (χ0v) is 4.42. The molecule has 2 heteroatoms. The Kier molecular flexibility index (Phi) is 3.61. The molecule has 0 aromatic carbocycles. The van der Waals surface area contributed by atoms with Crippen LogP contribution < -0.4 is 0 Å². The molecule has 42 valence electrons. The first-order valence-electron chi connectivity index (χ1n) is 2.41. The van der Waals surface area contributed by atoms with Crippen LogP contribution in [0.15, 0.2) is 0 Å². The predicted molar refractivity (Wildman–Crippen MR) is 26.9 cm³/mol. The molecule has 2 nitrogen and oxygen atoms in total. The van der Waals surface area contributed by atoms with Crippen LogP contribution in [0, 0.1) is 5.92 Å². The molecule has 0 aliphatic carbocycles. The van der Waals surface area contributed by atoms with Gasteiger partial charge >= 0.3 is 0 Å². The van der Waals surface area contributed by atoms with Crippen LogP contribution in [0.1, 0.15) is 13.3 Å². The predicted octanol–water partition coefficient (Wildman–Crippen LogP) is 0.204. The average molecular weight is 102 g/mol. The Morgan fingerprint density at radius 1 is 1.86 bits per heavy atom. The fourth-order valence-corrected chi connectivity index (χ4v) is 0.268. The first-order chi connectivity index (χ1) is 3.35. The van der Waals surface area contributed by atoms with E-state index in [1.807, 2.05) is 6.92 Å². The lowest BCUT2D eigenvalue weighted by Crippen LogP contribution is -2.04. The van der Waals surface area contributed by atoms with E-state index in [1.165, 1.54) is 0 Å². The van der Waals surface area contributed by atoms with Crippen molar-refractivity contribution in [1.29, 1.82) is 0 Å². The summed E-state index contributed by atoms with van der Waals surface area (Å²) >= 11 is 0. The smallest absolute Gasteiger partial charge is 0.125 e. The van der Waals surface area contributed by atoms with Gasteiger partial charge < -0.3 is 9.90 Å². The van der Waals surface area contributed by atoms with E-state index in [0.717, 1.165) is 12.7 Å². The van der Waals surface area contributed by atoms with Crippen LogP contribution in [0.25, 0.3) is 0 Å². The summed E-state index contributed by atoms with van der Waals surface area (Å²) < 4.78 is 0. The van der Waals surface area contributed by atoms with E-state index in [-0.39, 0.29) is 12.5 Å². The van der Waals surface area contributed by atoms with Crippen LogP contribution in [-0.2, 0) is 4.79 Å². The van der Waals surface area contributed by atoms with Crippen molar-refractivity contribution in [3.63, 3.8) is 0 Å². The molecule has 0 bridgehead atoms. The Hall–Kier alpha value is -0.370. The standard InChI is InChI=1S/C5H10O2/c1-2-5(3-6)4-7/h3,5,7H,2,4H2,1H3. The third-order valence-electron chi connectivity index (χ3n) is 0.951. The van der Waals surface area contributed by atoms with E-state index < -0.39 is 0 Å². The molecule has 0 radical (unpaired) electrons. The number of carbonyl (C=O) groups excluding carboxylic acids is 1. The van der Waals surface area contributed by atoms with Crippen LogP contribution in [0.4, 0.5) is 0 Å². The molecule has 7 heavy (non-hydrogen) atoms. The lowest BCUT2D eigenvalue weighted by Gasteiger charge is -1.96. The van der Waals surface area contributed by atoms with Gasteiger partial charge in [-0.1, -0.05) is 6.92 Å². The fraction of sp³-hybridized carbons (Fsp3) is 0.800. The van der Waals surface area contributed by atoms with Gasteiger partial charge in [-0.3, -0.25) is 0 Å². The van der Waals surface area contributed by atoms with E-state index >= 15 is 0 Å². The SMILES string of the molecule is CCC(C=O)CO. The van der Waals surface area contributed by atoms with Crippen molar-refractivity contribution in [2.45, 2.75) is 13.3 Å². The zero-order valence-electron chi connectivity index (χ0n) is 4.42. The van der Waals surface area contributed by atoms with Crippen LogP contribution in [0.2, 0.25) is 0 Å². The van der Waals surface area contributed by atoms with E-state index in [1.54, 1.807) is 0 Å². The van der Waals surface area contributed by atoms with Crippen LogP contribution in [0.3, 0.4) is 0 Å². The molecule has 1 atom stereocenters. The summed E-state index contributed by atoms with van der Waals surface area (Å²) in [6.45, 7) is 1.86. The molecule has 0 heterocycles. The van der Waals surface area contributed by atoms with Gasteiger partial charge in [0.2, 0.25) is 0 Å². The highest BCUT2D eigenvalue weighted by molar-refractivity contribution is 5.53. The molecule has 0 aromatic rings. The third-order valence-corrected chi connectivity index (χ3v) is 0.951. The maximum atomic E-state index is 9.81. The third kappa shape index (κ3) is 2.34. The normalized spacial score (nSPS) is 13.4. The first kappa shape index (κ1) is 6.63. The number of aldehydes is 1. The number of rotatable bonds is 3. The van der Waals surface area contributed by atoms with Gasteiger partial charge in [0.1, 0.15) is 6.29 Å². The molecule has 0 rings (SSSR count). The summed E-state index contributed by atoms with van der Waals surface area (Å²) in [5.41, 5.74) is 0. The summed E-state index contributed by atoms with van der Waals surface area (Å²) in [5.74, 6) is -0.139. The second kappa shape index (κ2) is 3.81. The summed E-state index contributed by atoms with van der Waals surface area (Å²) in [7, 11) is 0. The van der Waals surface area contributed by atoms with Crippen molar-refractivity contribution in [3.05, 3.63) is 0 Å². The Morgan fingerprint density at radius 3 is 2.43 bits per heavy atom. The van der Waals surface area contributed by atoms with Crippen LogP contribution >= 0.6 is 0 Å². The van der Waals surface area contributed by atoms with Crippen molar-refractivity contribution in [3.8, 4) is 0 Å². The number of carbonyl (C=O) groups is 1. The highest BCUT2D eigenvalue weighted by Gasteiger charge is 1.98.